The molecule has 1 atom stereocenters. The maximum atomic E-state index is 13.8. The molecule has 6 nitrogen and oxygen atoms in total. The Kier molecular flexibility index (Phi) is 7.35. The van der Waals surface area contributed by atoms with Crippen molar-refractivity contribution in [3.8, 4) is 28.1 Å². The van der Waals surface area contributed by atoms with Crippen LogP contribution < -0.4 is 10.5 Å². The maximum absolute atomic E-state index is 13.8. The van der Waals surface area contributed by atoms with Gasteiger partial charge in [0.25, 0.3) is 0 Å². The molecule has 1 aromatic heterocycles. The number of carboxylic acid groups (broad SMARTS) is 1. The van der Waals surface area contributed by atoms with Crippen LogP contribution in [0.1, 0.15) is 30.3 Å². The van der Waals surface area contributed by atoms with Gasteiger partial charge in [-0.1, -0.05) is 54.6 Å². The molecule has 0 saturated heterocycles. The van der Waals surface area contributed by atoms with Gasteiger partial charge >= 0.3 is 12.1 Å². The average molecular weight is 510 g/mol. The monoisotopic (exact) mass is 509 g/mol. The van der Waals surface area contributed by atoms with Crippen molar-refractivity contribution in [3.63, 3.8) is 0 Å². The first-order valence-corrected chi connectivity index (χ1v) is 11.6. The molecule has 0 spiro atoms. The fraction of sp³-hybridized carbons (Fsp3) is 0.214. The van der Waals surface area contributed by atoms with Crippen LogP contribution in [0.25, 0.3) is 22.4 Å². The van der Waals surface area contributed by atoms with Gasteiger partial charge in [0.15, 0.2) is 0 Å². The summed E-state index contributed by atoms with van der Waals surface area (Å²) < 4.78 is 47.1. The number of aromatic amines is 1. The van der Waals surface area contributed by atoms with E-state index in [1.54, 1.807) is 0 Å². The van der Waals surface area contributed by atoms with Gasteiger partial charge in [0.2, 0.25) is 0 Å². The smallest absolute Gasteiger partial charge is 0.419 e. The summed E-state index contributed by atoms with van der Waals surface area (Å²) >= 11 is 0. The van der Waals surface area contributed by atoms with Crippen molar-refractivity contribution >= 4 is 5.97 Å². The number of H-pyrrole nitrogens is 1. The Hall–Kier alpha value is -4.11. The molecule has 1 heterocycles. The average Bonchev–Trinajstić information content (AvgIpc) is 3.35. The number of hydrogen-bond acceptors (Lipinski definition) is 4. The number of nitrogens with two attached hydrogens (primary N) is 1. The molecule has 0 aliphatic carbocycles. The molecule has 0 bridgehead atoms. The number of carbonyl (C=O) groups is 1. The molecule has 3 aromatic carbocycles. The van der Waals surface area contributed by atoms with Crippen LogP contribution in [0.15, 0.2) is 79.0 Å². The predicted molar refractivity (Wildman–Crippen MR) is 134 cm³/mol. The van der Waals surface area contributed by atoms with Gasteiger partial charge in [-0.3, -0.25) is 4.79 Å². The number of alkyl halides is 3. The number of halogens is 3. The Bertz CT molecular complexity index is 1360. The molecule has 9 heteroatoms. The Morgan fingerprint density at radius 1 is 1.00 bits per heavy atom. The number of carboxylic acids is 1. The number of benzene rings is 3. The van der Waals surface area contributed by atoms with Crippen molar-refractivity contribution in [2.45, 2.75) is 31.5 Å². The molecule has 0 saturated carbocycles. The van der Waals surface area contributed by atoms with Crippen LogP contribution in [-0.2, 0) is 22.9 Å². The summed E-state index contributed by atoms with van der Waals surface area (Å²) in [7, 11) is 0. The molecule has 0 radical (unpaired) electrons. The van der Waals surface area contributed by atoms with E-state index in [0.29, 0.717) is 6.42 Å². The molecule has 0 unspecified atom stereocenters. The zero-order valence-electron chi connectivity index (χ0n) is 20.0. The minimum absolute atomic E-state index is 0.0698. The quantitative estimate of drug-likeness (QED) is 0.256. The van der Waals surface area contributed by atoms with E-state index < -0.39 is 29.7 Å². The number of rotatable bonds is 9. The van der Waals surface area contributed by atoms with E-state index in [0.717, 1.165) is 22.8 Å². The van der Waals surface area contributed by atoms with Crippen LogP contribution in [0.5, 0.6) is 5.75 Å². The minimum Gasteiger partial charge on any atom is -0.493 e. The van der Waals surface area contributed by atoms with E-state index in [9.17, 15) is 18.0 Å². The van der Waals surface area contributed by atoms with Gasteiger partial charge in [-0.15, -0.1) is 0 Å². The van der Waals surface area contributed by atoms with E-state index >= 15 is 0 Å². The van der Waals surface area contributed by atoms with E-state index in [4.69, 9.17) is 15.6 Å². The zero-order valence-corrected chi connectivity index (χ0v) is 20.0. The molecule has 192 valence electrons. The van der Waals surface area contributed by atoms with Gasteiger partial charge in [-0.05, 0) is 41.8 Å². The number of nitrogens with zero attached hydrogens (tertiary/aromatic N) is 1. The number of imidazole rings is 1. The van der Waals surface area contributed by atoms with E-state index in [1.807, 2.05) is 54.6 Å². The Labute approximate surface area is 211 Å². The fourth-order valence-electron chi connectivity index (χ4n) is 3.97. The Balaban J connectivity index is 1.47. The largest absolute Gasteiger partial charge is 0.493 e. The Morgan fingerprint density at radius 2 is 1.65 bits per heavy atom. The number of nitrogens with one attached hydrogen (secondary N) is 1. The SMILES string of the molecule is C[C@](N)(CC(=O)O)c1nc(-c2ccc(OCCc3ccc(-c4ccccc4)cc3)c(C(F)(F)F)c2)c[nH]1. The van der Waals surface area contributed by atoms with Gasteiger partial charge in [0, 0.05) is 18.2 Å². The summed E-state index contributed by atoms with van der Waals surface area (Å²) in [5.41, 5.74) is 7.29. The lowest BCUT2D eigenvalue weighted by Crippen LogP contribution is -2.36. The normalized spacial score (nSPS) is 13.2. The second kappa shape index (κ2) is 10.5. The molecule has 0 fully saturated rings. The topological polar surface area (TPSA) is 101 Å². The first-order valence-electron chi connectivity index (χ1n) is 11.6. The standard InChI is InChI=1S/C28H26F3N3O3/c1-27(32,16-25(35)36)26-33-17-23(34-26)21-11-12-24(22(15-21)28(29,30)31)37-14-13-18-7-9-20(10-8-18)19-5-3-2-4-6-19/h2-12,15,17H,13-14,16,32H2,1H3,(H,33,34)(H,35,36)/t27-/m0/s1. The highest BCUT2D eigenvalue weighted by Crippen LogP contribution is 2.39. The molecule has 4 rings (SSSR count). The van der Waals surface area contributed by atoms with Crippen molar-refractivity contribution in [2.24, 2.45) is 5.73 Å². The summed E-state index contributed by atoms with van der Waals surface area (Å²) in [6.07, 6.45) is -3.20. The van der Waals surface area contributed by atoms with Crippen molar-refractivity contribution in [3.05, 3.63) is 95.9 Å². The van der Waals surface area contributed by atoms with Crippen molar-refractivity contribution < 1.29 is 27.8 Å². The third-order valence-electron chi connectivity index (χ3n) is 5.93. The third-order valence-corrected chi connectivity index (χ3v) is 5.93. The summed E-state index contributed by atoms with van der Waals surface area (Å²) in [6.45, 7) is 1.55. The highest BCUT2D eigenvalue weighted by molar-refractivity contribution is 5.69. The second-order valence-corrected chi connectivity index (χ2v) is 8.99. The lowest BCUT2D eigenvalue weighted by atomic mass is 9.99. The zero-order chi connectivity index (χ0) is 26.6. The first kappa shape index (κ1) is 26.0. The van der Waals surface area contributed by atoms with Crippen molar-refractivity contribution in [2.75, 3.05) is 6.61 Å². The van der Waals surface area contributed by atoms with Crippen molar-refractivity contribution in [1.82, 2.24) is 9.97 Å². The van der Waals surface area contributed by atoms with Crippen LogP contribution in [0, 0.1) is 0 Å². The number of aliphatic carboxylic acids is 1. The second-order valence-electron chi connectivity index (χ2n) is 8.99. The number of ether oxygens (including phenoxy) is 1. The molecule has 0 aliphatic heterocycles. The van der Waals surface area contributed by atoms with Crippen molar-refractivity contribution in [1.29, 1.82) is 0 Å². The summed E-state index contributed by atoms with van der Waals surface area (Å²) in [4.78, 5) is 18.1. The number of hydrogen-bond donors (Lipinski definition) is 3. The molecular weight excluding hydrogens is 483 g/mol. The lowest BCUT2D eigenvalue weighted by Gasteiger charge is -2.19. The lowest BCUT2D eigenvalue weighted by molar-refractivity contribution is -0.139. The van der Waals surface area contributed by atoms with E-state index in [2.05, 4.69) is 9.97 Å². The molecule has 0 amide bonds. The van der Waals surface area contributed by atoms with Crippen LogP contribution in [0.3, 0.4) is 0 Å². The molecule has 0 aliphatic rings. The molecular formula is C28H26F3N3O3. The molecule has 4 N–H and O–H groups in total. The van der Waals surface area contributed by atoms with Gasteiger partial charge < -0.3 is 20.6 Å². The predicted octanol–water partition coefficient (Wildman–Crippen LogP) is 6.03. The van der Waals surface area contributed by atoms with Gasteiger partial charge in [0.1, 0.15) is 11.6 Å². The highest BCUT2D eigenvalue weighted by Gasteiger charge is 2.35. The van der Waals surface area contributed by atoms with Crippen LogP contribution >= 0.6 is 0 Å². The summed E-state index contributed by atoms with van der Waals surface area (Å²) in [5, 5.41) is 9.03. The van der Waals surface area contributed by atoms with Crippen LogP contribution in [-0.4, -0.2) is 27.7 Å². The van der Waals surface area contributed by atoms with E-state index in [-0.39, 0.29) is 29.4 Å². The van der Waals surface area contributed by atoms with Gasteiger partial charge in [-0.25, -0.2) is 4.98 Å². The molecule has 4 aromatic rings. The minimum atomic E-state index is -4.65. The summed E-state index contributed by atoms with van der Waals surface area (Å²) in [6, 6.07) is 21.4. The summed E-state index contributed by atoms with van der Waals surface area (Å²) in [5.74, 6) is -1.23. The first-order chi connectivity index (χ1) is 17.5. The fourth-order valence-corrected chi connectivity index (χ4v) is 3.97. The van der Waals surface area contributed by atoms with Crippen LogP contribution in [0.2, 0.25) is 0 Å². The Morgan fingerprint density at radius 3 is 2.30 bits per heavy atom. The highest BCUT2D eigenvalue weighted by atomic mass is 19.4. The number of aromatic nitrogens is 2. The molecule has 37 heavy (non-hydrogen) atoms. The van der Waals surface area contributed by atoms with Gasteiger partial charge in [-0.2, -0.15) is 13.2 Å². The maximum Gasteiger partial charge on any atom is 0.419 e. The third kappa shape index (κ3) is 6.37. The van der Waals surface area contributed by atoms with Gasteiger partial charge in [0.05, 0.1) is 29.8 Å². The van der Waals surface area contributed by atoms with E-state index in [1.165, 1.54) is 25.3 Å². The van der Waals surface area contributed by atoms with Crippen LogP contribution in [0.4, 0.5) is 13.2 Å².